The molecule has 3 aromatic rings. The zero-order valence-electron chi connectivity index (χ0n) is 15.3. The van der Waals surface area contributed by atoms with Gasteiger partial charge in [-0.05, 0) is 35.7 Å². The van der Waals surface area contributed by atoms with E-state index in [0.717, 1.165) is 34.8 Å². The number of para-hydroxylation sites is 1. The summed E-state index contributed by atoms with van der Waals surface area (Å²) < 4.78 is 2.23. The van der Waals surface area contributed by atoms with Gasteiger partial charge in [-0.3, -0.25) is 14.9 Å². The highest BCUT2D eigenvalue weighted by molar-refractivity contribution is 8.15. The first kappa shape index (κ1) is 17.7. The predicted molar refractivity (Wildman–Crippen MR) is 110 cm³/mol. The van der Waals surface area contributed by atoms with Crippen LogP contribution in [0.3, 0.4) is 0 Å². The van der Waals surface area contributed by atoms with E-state index >= 15 is 0 Å². The molecule has 6 heteroatoms. The maximum Gasteiger partial charge on any atom is 0.286 e. The van der Waals surface area contributed by atoms with Gasteiger partial charge in [-0.1, -0.05) is 42.1 Å². The molecule has 1 N–H and O–H groups in total. The monoisotopic (exact) mass is 379 g/mol. The highest BCUT2D eigenvalue weighted by atomic mass is 32.2. The summed E-state index contributed by atoms with van der Waals surface area (Å²) in [4.78, 5) is 25.5. The standard InChI is InChI=1S/C21H21N3O2S/c1-23(2)17-8-4-3-6-15(17)13-24-11-10-16-14(7-5-9-18(16)24)12-19-20(25)22-21(26)27-19/h3-11,19H,12-13H2,1-2H3,(H,22,25,26). The number of amides is 2. The van der Waals surface area contributed by atoms with E-state index in [2.05, 4.69) is 71.5 Å². The molecule has 4 rings (SSSR count). The van der Waals surface area contributed by atoms with Gasteiger partial charge in [-0.2, -0.15) is 0 Å². The molecule has 2 aromatic carbocycles. The van der Waals surface area contributed by atoms with Crippen molar-refractivity contribution in [1.29, 1.82) is 0 Å². The number of anilines is 1. The number of carbonyl (C=O) groups excluding carboxylic acids is 2. The molecule has 5 nitrogen and oxygen atoms in total. The van der Waals surface area contributed by atoms with Crippen molar-refractivity contribution >= 4 is 39.5 Å². The normalized spacial score (nSPS) is 16.7. The number of hydrogen-bond donors (Lipinski definition) is 1. The van der Waals surface area contributed by atoms with E-state index in [-0.39, 0.29) is 16.4 Å². The minimum atomic E-state index is -0.346. The van der Waals surface area contributed by atoms with Crippen LogP contribution < -0.4 is 10.2 Å². The Hall–Kier alpha value is -2.73. The lowest BCUT2D eigenvalue weighted by atomic mass is 10.0. The number of benzene rings is 2. The number of carbonyl (C=O) groups is 2. The van der Waals surface area contributed by atoms with Crippen LogP contribution in [-0.2, 0) is 17.8 Å². The summed E-state index contributed by atoms with van der Waals surface area (Å²) in [6.07, 6.45) is 2.64. The Kier molecular flexibility index (Phi) is 4.66. The molecule has 27 heavy (non-hydrogen) atoms. The van der Waals surface area contributed by atoms with Crippen LogP contribution in [0.2, 0.25) is 0 Å². The third kappa shape index (κ3) is 3.45. The molecule has 1 fully saturated rings. The van der Waals surface area contributed by atoms with Crippen LogP contribution in [0.4, 0.5) is 10.5 Å². The average molecular weight is 379 g/mol. The number of fused-ring (bicyclic) bond motifs is 1. The molecule has 2 amide bonds. The van der Waals surface area contributed by atoms with Gasteiger partial charge in [0.05, 0.1) is 5.25 Å². The van der Waals surface area contributed by atoms with Crippen molar-refractivity contribution in [2.75, 3.05) is 19.0 Å². The van der Waals surface area contributed by atoms with Gasteiger partial charge in [0.25, 0.3) is 5.24 Å². The third-order valence-corrected chi connectivity index (χ3v) is 5.87. The van der Waals surface area contributed by atoms with Crippen molar-refractivity contribution in [2.24, 2.45) is 0 Å². The summed E-state index contributed by atoms with van der Waals surface area (Å²) >= 11 is 1.08. The molecule has 1 saturated heterocycles. The van der Waals surface area contributed by atoms with Crippen molar-refractivity contribution in [3.63, 3.8) is 0 Å². The quantitative estimate of drug-likeness (QED) is 0.735. The van der Waals surface area contributed by atoms with Gasteiger partial charge in [0, 0.05) is 43.4 Å². The van der Waals surface area contributed by atoms with Gasteiger partial charge in [-0.15, -0.1) is 0 Å². The van der Waals surface area contributed by atoms with Crippen LogP contribution >= 0.6 is 11.8 Å². The minimum Gasteiger partial charge on any atom is -0.377 e. The molecule has 1 unspecified atom stereocenters. The topological polar surface area (TPSA) is 54.3 Å². The van der Waals surface area contributed by atoms with Crippen molar-refractivity contribution in [3.8, 4) is 0 Å². The Morgan fingerprint density at radius 3 is 2.56 bits per heavy atom. The van der Waals surface area contributed by atoms with Crippen LogP contribution in [0.1, 0.15) is 11.1 Å². The number of thioether (sulfide) groups is 1. The van der Waals surface area contributed by atoms with Crippen LogP contribution in [-0.4, -0.2) is 35.1 Å². The first-order chi connectivity index (χ1) is 13.0. The Morgan fingerprint density at radius 2 is 1.81 bits per heavy atom. The molecule has 1 aromatic heterocycles. The molecular formula is C21H21N3O2S. The first-order valence-electron chi connectivity index (χ1n) is 8.86. The number of imide groups is 1. The number of rotatable bonds is 5. The van der Waals surface area contributed by atoms with Crippen LogP contribution in [0.15, 0.2) is 54.7 Å². The summed E-state index contributed by atoms with van der Waals surface area (Å²) in [5.74, 6) is -0.193. The van der Waals surface area contributed by atoms with E-state index in [1.165, 1.54) is 11.3 Å². The molecule has 138 valence electrons. The summed E-state index contributed by atoms with van der Waals surface area (Å²) in [7, 11) is 4.10. The van der Waals surface area contributed by atoms with Crippen molar-refractivity contribution < 1.29 is 9.59 Å². The lowest BCUT2D eigenvalue weighted by molar-refractivity contribution is -0.118. The Labute approximate surface area is 162 Å². The summed E-state index contributed by atoms with van der Waals surface area (Å²) in [5, 5.41) is 2.90. The fourth-order valence-corrected chi connectivity index (χ4v) is 4.44. The minimum absolute atomic E-state index is 0.193. The number of aromatic nitrogens is 1. The predicted octanol–water partition coefficient (Wildman–Crippen LogP) is 3.65. The Balaban J connectivity index is 1.65. The third-order valence-electron chi connectivity index (χ3n) is 4.89. The van der Waals surface area contributed by atoms with Crippen LogP contribution in [0.25, 0.3) is 10.9 Å². The maximum atomic E-state index is 11.9. The molecule has 2 heterocycles. The molecule has 1 aliphatic heterocycles. The highest BCUT2D eigenvalue weighted by Gasteiger charge is 2.31. The zero-order valence-corrected chi connectivity index (χ0v) is 16.1. The molecule has 0 saturated carbocycles. The number of nitrogens with one attached hydrogen (secondary N) is 1. The molecule has 0 spiro atoms. The molecule has 0 aliphatic carbocycles. The number of nitrogens with zero attached hydrogens (tertiary/aromatic N) is 2. The molecule has 1 atom stereocenters. The van der Waals surface area contributed by atoms with Crippen molar-refractivity contribution in [2.45, 2.75) is 18.2 Å². The fourth-order valence-electron chi connectivity index (χ4n) is 3.59. The Bertz CT molecular complexity index is 1030. The van der Waals surface area contributed by atoms with E-state index < -0.39 is 0 Å². The second kappa shape index (κ2) is 7.12. The lowest BCUT2D eigenvalue weighted by Crippen LogP contribution is -2.25. The molecular weight excluding hydrogens is 358 g/mol. The van der Waals surface area contributed by atoms with Crippen molar-refractivity contribution in [3.05, 3.63) is 65.9 Å². The van der Waals surface area contributed by atoms with Crippen LogP contribution in [0, 0.1) is 0 Å². The van der Waals surface area contributed by atoms with E-state index in [0.29, 0.717) is 6.42 Å². The second-order valence-electron chi connectivity index (χ2n) is 6.90. The van der Waals surface area contributed by atoms with E-state index in [1.54, 1.807) is 0 Å². The smallest absolute Gasteiger partial charge is 0.286 e. The summed E-state index contributed by atoms with van der Waals surface area (Å²) in [6, 6.07) is 16.6. The summed E-state index contributed by atoms with van der Waals surface area (Å²) in [5.41, 5.74) is 4.68. The van der Waals surface area contributed by atoms with E-state index in [4.69, 9.17) is 0 Å². The van der Waals surface area contributed by atoms with Gasteiger partial charge >= 0.3 is 0 Å². The maximum absolute atomic E-state index is 11.9. The molecule has 1 aliphatic rings. The summed E-state index contributed by atoms with van der Waals surface area (Å²) in [6.45, 7) is 0.776. The first-order valence-corrected chi connectivity index (χ1v) is 9.74. The van der Waals surface area contributed by atoms with Gasteiger partial charge in [0.15, 0.2) is 0 Å². The Morgan fingerprint density at radius 1 is 1.04 bits per heavy atom. The molecule has 0 bridgehead atoms. The number of hydrogen-bond acceptors (Lipinski definition) is 4. The van der Waals surface area contributed by atoms with Gasteiger partial charge in [0.1, 0.15) is 0 Å². The SMILES string of the molecule is CN(C)c1ccccc1Cn1ccc2c(CC3SC(=O)NC3=O)cccc21. The van der Waals surface area contributed by atoms with Crippen LogP contribution in [0.5, 0.6) is 0 Å². The van der Waals surface area contributed by atoms with Gasteiger partial charge in [-0.25, -0.2) is 0 Å². The fraction of sp³-hybridized carbons (Fsp3) is 0.238. The highest BCUT2D eigenvalue weighted by Crippen LogP contribution is 2.28. The van der Waals surface area contributed by atoms with Crippen molar-refractivity contribution in [1.82, 2.24) is 9.88 Å². The zero-order chi connectivity index (χ0) is 19.0. The largest absolute Gasteiger partial charge is 0.377 e. The van der Waals surface area contributed by atoms with E-state index in [1.807, 2.05) is 12.1 Å². The molecule has 0 radical (unpaired) electrons. The second-order valence-corrected chi connectivity index (χ2v) is 8.08. The lowest BCUT2D eigenvalue weighted by Gasteiger charge is -2.18. The van der Waals surface area contributed by atoms with Gasteiger partial charge in [0.2, 0.25) is 5.91 Å². The van der Waals surface area contributed by atoms with Gasteiger partial charge < -0.3 is 9.47 Å². The van der Waals surface area contributed by atoms with E-state index in [9.17, 15) is 9.59 Å². The average Bonchev–Trinajstić information content (AvgIpc) is 3.19.